The highest BCUT2D eigenvalue weighted by atomic mass is 32.2. The van der Waals surface area contributed by atoms with Gasteiger partial charge in [-0.05, 0) is 39.2 Å². The molecule has 1 aromatic rings. The Morgan fingerprint density at radius 3 is 2.87 bits per heavy atom. The van der Waals surface area contributed by atoms with Gasteiger partial charge in [-0.1, -0.05) is 6.42 Å². The van der Waals surface area contributed by atoms with Crippen LogP contribution < -0.4 is 4.72 Å². The number of nitrogens with zero attached hydrogens (tertiary/aromatic N) is 4. The topological polar surface area (TPSA) is 80.1 Å². The minimum atomic E-state index is -3.11. The molecule has 0 aliphatic carbocycles. The van der Waals surface area contributed by atoms with E-state index in [4.69, 9.17) is 0 Å². The SMILES string of the molecule is CCS(=O)(=O)NCCN1CCCC1c1nnc2n1CCCCC2. The molecule has 0 radical (unpaired) electrons. The van der Waals surface area contributed by atoms with Crippen molar-refractivity contribution in [2.45, 2.75) is 58.0 Å². The lowest BCUT2D eigenvalue weighted by Crippen LogP contribution is -2.36. The predicted molar refractivity (Wildman–Crippen MR) is 88.6 cm³/mol. The van der Waals surface area contributed by atoms with E-state index in [1.54, 1.807) is 6.92 Å². The number of hydrogen-bond donors (Lipinski definition) is 1. The summed E-state index contributed by atoms with van der Waals surface area (Å²) >= 11 is 0. The van der Waals surface area contributed by atoms with Crippen molar-refractivity contribution >= 4 is 10.0 Å². The smallest absolute Gasteiger partial charge is 0.211 e. The number of hydrogen-bond acceptors (Lipinski definition) is 5. The van der Waals surface area contributed by atoms with Crippen LogP contribution >= 0.6 is 0 Å². The van der Waals surface area contributed by atoms with E-state index in [0.29, 0.717) is 6.54 Å². The third kappa shape index (κ3) is 3.92. The Bertz CT molecular complexity index is 628. The predicted octanol–water partition coefficient (Wildman–Crippen LogP) is 1.08. The average Bonchev–Trinajstić information content (AvgIpc) is 3.07. The molecule has 23 heavy (non-hydrogen) atoms. The molecule has 2 aliphatic rings. The quantitative estimate of drug-likeness (QED) is 0.837. The molecule has 0 spiro atoms. The van der Waals surface area contributed by atoms with Crippen LogP contribution in [0.5, 0.6) is 0 Å². The molecular weight excluding hydrogens is 314 g/mol. The molecule has 1 aromatic heterocycles. The Kier molecular flexibility index (Phi) is 5.33. The van der Waals surface area contributed by atoms with E-state index >= 15 is 0 Å². The van der Waals surface area contributed by atoms with Gasteiger partial charge in [0.25, 0.3) is 0 Å². The van der Waals surface area contributed by atoms with Gasteiger partial charge in [0.1, 0.15) is 11.6 Å². The largest absolute Gasteiger partial charge is 0.314 e. The summed E-state index contributed by atoms with van der Waals surface area (Å²) in [6.07, 6.45) is 6.89. The molecule has 1 fully saturated rings. The maximum atomic E-state index is 11.6. The van der Waals surface area contributed by atoms with E-state index in [-0.39, 0.29) is 11.8 Å². The summed E-state index contributed by atoms with van der Waals surface area (Å²) in [7, 11) is -3.11. The van der Waals surface area contributed by atoms with Crippen molar-refractivity contribution in [3.63, 3.8) is 0 Å². The van der Waals surface area contributed by atoms with Gasteiger partial charge in [-0.2, -0.15) is 0 Å². The van der Waals surface area contributed by atoms with Crippen molar-refractivity contribution < 1.29 is 8.42 Å². The molecule has 130 valence electrons. The number of sulfonamides is 1. The lowest BCUT2D eigenvalue weighted by molar-refractivity contribution is 0.247. The maximum absolute atomic E-state index is 11.6. The molecular formula is C15H27N5O2S. The molecule has 7 nitrogen and oxygen atoms in total. The summed E-state index contributed by atoms with van der Waals surface area (Å²) in [5, 5.41) is 8.88. The third-order valence-electron chi connectivity index (χ3n) is 4.90. The van der Waals surface area contributed by atoms with Gasteiger partial charge in [0.05, 0.1) is 11.8 Å². The van der Waals surface area contributed by atoms with Crippen LogP contribution in [0.3, 0.4) is 0 Å². The molecule has 1 unspecified atom stereocenters. The van der Waals surface area contributed by atoms with Gasteiger partial charge < -0.3 is 4.57 Å². The zero-order valence-corrected chi connectivity index (χ0v) is 14.7. The highest BCUT2D eigenvalue weighted by Gasteiger charge is 2.31. The minimum Gasteiger partial charge on any atom is -0.314 e. The average molecular weight is 341 g/mol. The summed E-state index contributed by atoms with van der Waals surface area (Å²) in [5.74, 6) is 2.34. The number of nitrogens with one attached hydrogen (secondary N) is 1. The molecule has 8 heteroatoms. The van der Waals surface area contributed by atoms with E-state index in [2.05, 4.69) is 24.4 Å². The number of likely N-dealkylation sites (tertiary alicyclic amines) is 1. The van der Waals surface area contributed by atoms with E-state index in [0.717, 1.165) is 50.5 Å². The molecule has 1 N–H and O–H groups in total. The highest BCUT2D eigenvalue weighted by molar-refractivity contribution is 7.89. The minimum absolute atomic E-state index is 0.133. The van der Waals surface area contributed by atoms with Crippen LogP contribution in [0.2, 0.25) is 0 Å². The van der Waals surface area contributed by atoms with Gasteiger partial charge in [0.15, 0.2) is 0 Å². The zero-order chi connectivity index (χ0) is 16.3. The first-order chi connectivity index (χ1) is 11.1. The van der Waals surface area contributed by atoms with Gasteiger partial charge in [-0.25, -0.2) is 13.1 Å². The summed E-state index contributed by atoms with van der Waals surface area (Å²) < 4.78 is 28.1. The van der Waals surface area contributed by atoms with Crippen LogP contribution in [-0.4, -0.2) is 53.5 Å². The number of rotatable bonds is 6. The van der Waals surface area contributed by atoms with Crippen LogP contribution in [0.4, 0.5) is 0 Å². The second kappa shape index (κ2) is 7.27. The Morgan fingerprint density at radius 1 is 1.17 bits per heavy atom. The van der Waals surface area contributed by atoms with Gasteiger partial charge in [-0.15, -0.1) is 10.2 Å². The first-order valence-electron chi connectivity index (χ1n) is 8.74. The van der Waals surface area contributed by atoms with Crippen molar-refractivity contribution in [3.05, 3.63) is 11.6 Å². The van der Waals surface area contributed by atoms with Crippen molar-refractivity contribution in [1.82, 2.24) is 24.4 Å². The second-order valence-corrected chi connectivity index (χ2v) is 8.52. The van der Waals surface area contributed by atoms with Crippen LogP contribution in [0.15, 0.2) is 0 Å². The first kappa shape index (κ1) is 16.9. The fourth-order valence-electron chi connectivity index (χ4n) is 3.59. The molecule has 0 bridgehead atoms. The lowest BCUT2D eigenvalue weighted by atomic mass is 10.2. The number of aromatic nitrogens is 3. The molecule has 2 aliphatic heterocycles. The summed E-state index contributed by atoms with van der Waals surface area (Å²) in [5.41, 5.74) is 0. The van der Waals surface area contributed by atoms with Crippen LogP contribution in [0, 0.1) is 0 Å². The molecule has 3 rings (SSSR count). The Hall–Kier alpha value is -0.990. The molecule has 0 aromatic carbocycles. The van der Waals surface area contributed by atoms with Gasteiger partial charge in [0.2, 0.25) is 10.0 Å². The van der Waals surface area contributed by atoms with Gasteiger partial charge in [-0.3, -0.25) is 4.90 Å². The van der Waals surface area contributed by atoms with Crippen LogP contribution in [0.1, 0.15) is 56.7 Å². The van der Waals surface area contributed by atoms with Gasteiger partial charge in [0, 0.05) is 26.1 Å². The summed E-state index contributed by atoms with van der Waals surface area (Å²) in [4.78, 5) is 2.35. The third-order valence-corrected chi connectivity index (χ3v) is 6.30. The van der Waals surface area contributed by atoms with E-state index in [1.807, 2.05) is 0 Å². The van der Waals surface area contributed by atoms with Crippen molar-refractivity contribution in [2.75, 3.05) is 25.4 Å². The second-order valence-electron chi connectivity index (χ2n) is 6.43. The fourth-order valence-corrected chi connectivity index (χ4v) is 4.19. The lowest BCUT2D eigenvalue weighted by Gasteiger charge is -2.24. The zero-order valence-electron chi connectivity index (χ0n) is 13.9. The van der Waals surface area contributed by atoms with E-state index < -0.39 is 10.0 Å². The van der Waals surface area contributed by atoms with Crippen LogP contribution in [0.25, 0.3) is 0 Å². The van der Waals surface area contributed by atoms with E-state index in [1.165, 1.54) is 19.3 Å². The van der Waals surface area contributed by atoms with Crippen molar-refractivity contribution in [3.8, 4) is 0 Å². The number of fused-ring (bicyclic) bond motifs is 1. The molecule has 1 atom stereocenters. The summed E-state index contributed by atoms with van der Waals surface area (Å²) in [6.45, 7) is 4.87. The first-order valence-corrected chi connectivity index (χ1v) is 10.4. The van der Waals surface area contributed by atoms with Crippen molar-refractivity contribution in [1.29, 1.82) is 0 Å². The normalized spacial score (nSPS) is 22.9. The molecule has 1 saturated heterocycles. The Balaban J connectivity index is 1.66. The Labute approximate surface area is 138 Å². The van der Waals surface area contributed by atoms with Crippen LogP contribution in [-0.2, 0) is 23.0 Å². The standard InChI is InChI=1S/C15H27N5O2S/c1-2-23(21,22)16-9-12-19-10-6-7-13(19)15-18-17-14-8-4-3-5-11-20(14)15/h13,16H,2-12H2,1H3. The Morgan fingerprint density at radius 2 is 2.04 bits per heavy atom. The summed E-state index contributed by atoms with van der Waals surface area (Å²) in [6, 6.07) is 0.278. The van der Waals surface area contributed by atoms with E-state index in [9.17, 15) is 8.42 Å². The number of aryl methyl sites for hydroxylation is 1. The monoisotopic (exact) mass is 341 g/mol. The van der Waals surface area contributed by atoms with Crippen molar-refractivity contribution in [2.24, 2.45) is 0 Å². The fraction of sp³-hybridized carbons (Fsp3) is 0.867. The highest BCUT2D eigenvalue weighted by Crippen LogP contribution is 2.31. The van der Waals surface area contributed by atoms with Gasteiger partial charge >= 0.3 is 0 Å². The maximum Gasteiger partial charge on any atom is 0.211 e. The molecule has 3 heterocycles. The molecule has 0 saturated carbocycles. The molecule has 0 amide bonds.